The molecule has 0 bridgehead atoms. The van der Waals surface area contributed by atoms with Gasteiger partial charge in [-0.3, -0.25) is 9.69 Å². The first-order valence-electron chi connectivity index (χ1n) is 8.56. The third-order valence-electron chi connectivity index (χ3n) is 4.71. The molecule has 3 aromatic rings. The lowest BCUT2D eigenvalue weighted by Gasteiger charge is -2.30. The van der Waals surface area contributed by atoms with Crippen LogP contribution in [0, 0.1) is 12.8 Å². The van der Waals surface area contributed by atoms with E-state index in [9.17, 15) is 4.79 Å². The summed E-state index contributed by atoms with van der Waals surface area (Å²) in [7, 11) is 0. The quantitative estimate of drug-likeness (QED) is 0.763. The third-order valence-corrected chi connectivity index (χ3v) is 4.71. The standard InChI is InChI=1S/C18H21N5O2/c1-12-2-3-14-15(10-12)20-17(19-14)11-23-7-4-13(5-8-23)18(24)21-16-6-9-25-22-16/h2-3,6,9-10,13H,4-5,7-8,11H2,1H3,(H,19,20)(H,21,22,24). The van der Waals surface area contributed by atoms with Gasteiger partial charge in [0.15, 0.2) is 5.82 Å². The number of H-pyrrole nitrogens is 1. The molecule has 0 spiro atoms. The first-order chi connectivity index (χ1) is 12.2. The van der Waals surface area contributed by atoms with Gasteiger partial charge in [0, 0.05) is 12.0 Å². The minimum absolute atomic E-state index is 0.0197. The molecule has 1 amide bonds. The molecule has 0 unspecified atom stereocenters. The molecular formula is C18H21N5O2. The van der Waals surface area contributed by atoms with Crippen LogP contribution in [0.2, 0.25) is 0 Å². The molecule has 1 aromatic carbocycles. The number of hydrogen-bond donors (Lipinski definition) is 2. The fourth-order valence-electron chi connectivity index (χ4n) is 3.32. The van der Waals surface area contributed by atoms with Crippen LogP contribution in [0.15, 0.2) is 35.1 Å². The Morgan fingerprint density at radius 1 is 1.36 bits per heavy atom. The van der Waals surface area contributed by atoms with Crippen molar-refractivity contribution in [1.82, 2.24) is 20.0 Å². The molecule has 4 rings (SSSR count). The average molecular weight is 339 g/mol. The number of piperidine rings is 1. The lowest BCUT2D eigenvalue weighted by atomic mass is 9.96. The molecule has 0 radical (unpaired) electrons. The summed E-state index contributed by atoms with van der Waals surface area (Å²) in [6.45, 7) is 4.63. The number of carbonyl (C=O) groups is 1. The fourth-order valence-corrected chi connectivity index (χ4v) is 3.32. The third kappa shape index (κ3) is 3.56. The molecular weight excluding hydrogens is 318 g/mol. The van der Waals surface area contributed by atoms with E-state index < -0.39 is 0 Å². The summed E-state index contributed by atoms with van der Waals surface area (Å²) in [6.07, 6.45) is 3.12. The molecule has 0 atom stereocenters. The minimum atomic E-state index is 0.0197. The topological polar surface area (TPSA) is 87.1 Å². The fraction of sp³-hybridized carbons (Fsp3) is 0.389. The zero-order chi connectivity index (χ0) is 17.2. The first kappa shape index (κ1) is 15.8. The number of benzene rings is 1. The van der Waals surface area contributed by atoms with Crippen LogP contribution >= 0.6 is 0 Å². The van der Waals surface area contributed by atoms with Crippen molar-refractivity contribution in [3.63, 3.8) is 0 Å². The maximum atomic E-state index is 12.2. The molecule has 1 fully saturated rings. The van der Waals surface area contributed by atoms with Crippen LogP contribution in [0.1, 0.15) is 24.2 Å². The van der Waals surface area contributed by atoms with Gasteiger partial charge in [0.1, 0.15) is 12.1 Å². The Balaban J connectivity index is 1.32. The largest absolute Gasteiger partial charge is 0.363 e. The van der Waals surface area contributed by atoms with E-state index >= 15 is 0 Å². The number of aromatic amines is 1. The smallest absolute Gasteiger partial charge is 0.228 e. The highest BCUT2D eigenvalue weighted by atomic mass is 16.5. The Kier molecular flexibility index (Phi) is 4.23. The summed E-state index contributed by atoms with van der Waals surface area (Å²) in [5.74, 6) is 1.50. The number of nitrogens with one attached hydrogen (secondary N) is 2. The minimum Gasteiger partial charge on any atom is -0.363 e. The molecule has 2 aromatic heterocycles. The summed E-state index contributed by atoms with van der Waals surface area (Å²) < 4.78 is 4.74. The van der Waals surface area contributed by atoms with Gasteiger partial charge in [0.05, 0.1) is 17.6 Å². The van der Waals surface area contributed by atoms with Crippen molar-refractivity contribution in [3.05, 3.63) is 41.9 Å². The second-order valence-corrected chi connectivity index (χ2v) is 6.63. The van der Waals surface area contributed by atoms with Crippen molar-refractivity contribution in [2.45, 2.75) is 26.3 Å². The van der Waals surface area contributed by atoms with Crippen LogP contribution in [-0.2, 0) is 11.3 Å². The number of rotatable bonds is 4. The van der Waals surface area contributed by atoms with Gasteiger partial charge in [-0.15, -0.1) is 0 Å². The zero-order valence-corrected chi connectivity index (χ0v) is 14.2. The molecule has 7 heteroatoms. The first-order valence-corrected chi connectivity index (χ1v) is 8.56. The number of fused-ring (bicyclic) bond motifs is 1. The molecule has 3 heterocycles. The number of likely N-dealkylation sites (tertiary alicyclic amines) is 1. The molecule has 0 saturated carbocycles. The Morgan fingerprint density at radius 2 is 2.20 bits per heavy atom. The number of carbonyl (C=O) groups excluding carboxylic acids is 1. The van der Waals surface area contributed by atoms with Gasteiger partial charge in [-0.1, -0.05) is 11.2 Å². The maximum Gasteiger partial charge on any atom is 0.228 e. The van der Waals surface area contributed by atoms with Crippen molar-refractivity contribution in [3.8, 4) is 0 Å². The van der Waals surface area contributed by atoms with E-state index in [2.05, 4.69) is 44.4 Å². The van der Waals surface area contributed by atoms with Crippen LogP contribution in [0.4, 0.5) is 5.82 Å². The van der Waals surface area contributed by atoms with Crippen molar-refractivity contribution in [1.29, 1.82) is 0 Å². The molecule has 1 aliphatic heterocycles. The predicted molar refractivity (Wildman–Crippen MR) is 94.0 cm³/mol. The van der Waals surface area contributed by atoms with Gasteiger partial charge in [0.25, 0.3) is 0 Å². The normalized spacial score (nSPS) is 16.4. The van der Waals surface area contributed by atoms with Gasteiger partial charge in [-0.25, -0.2) is 4.98 Å². The lowest BCUT2D eigenvalue weighted by molar-refractivity contribution is -0.121. The molecule has 2 N–H and O–H groups in total. The summed E-state index contributed by atoms with van der Waals surface area (Å²) in [5.41, 5.74) is 3.31. The monoisotopic (exact) mass is 339 g/mol. The van der Waals surface area contributed by atoms with Gasteiger partial charge >= 0.3 is 0 Å². The van der Waals surface area contributed by atoms with E-state index in [0.717, 1.165) is 49.3 Å². The van der Waals surface area contributed by atoms with E-state index in [-0.39, 0.29) is 11.8 Å². The Bertz CT molecular complexity index is 863. The Labute approximate surface area is 145 Å². The molecule has 1 aliphatic rings. The van der Waals surface area contributed by atoms with E-state index in [0.29, 0.717) is 5.82 Å². The number of imidazole rings is 1. The van der Waals surface area contributed by atoms with Crippen molar-refractivity contribution >= 4 is 22.8 Å². The predicted octanol–water partition coefficient (Wildman–Crippen LogP) is 2.71. The molecule has 0 aliphatic carbocycles. The molecule has 7 nitrogen and oxygen atoms in total. The van der Waals surface area contributed by atoms with Crippen LogP contribution in [0.5, 0.6) is 0 Å². The second-order valence-electron chi connectivity index (χ2n) is 6.63. The summed E-state index contributed by atoms with van der Waals surface area (Å²) in [4.78, 5) is 22.6. The van der Waals surface area contributed by atoms with E-state index in [1.165, 1.54) is 11.8 Å². The molecule has 130 valence electrons. The number of nitrogens with zero attached hydrogens (tertiary/aromatic N) is 3. The number of anilines is 1. The molecule has 1 saturated heterocycles. The van der Waals surface area contributed by atoms with Crippen molar-refractivity contribution in [2.75, 3.05) is 18.4 Å². The highest BCUT2D eigenvalue weighted by Crippen LogP contribution is 2.21. The number of aryl methyl sites for hydroxylation is 1. The zero-order valence-electron chi connectivity index (χ0n) is 14.2. The summed E-state index contributed by atoms with van der Waals surface area (Å²) in [5, 5.41) is 6.52. The SMILES string of the molecule is Cc1ccc2nc(CN3CCC(C(=O)Nc4ccon4)CC3)[nH]c2c1. The van der Waals surface area contributed by atoms with Crippen LogP contribution in [0.3, 0.4) is 0 Å². The number of amides is 1. The van der Waals surface area contributed by atoms with Crippen molar-refractivity contribution in [2.24, 2.45) is 5.92 Å². The second kappa shape index (κ2) is 6.68. The van der Waals surface area contributed by atoms with Gasteiger partial charge in [-0.2, -0.15) is 0 Å². The van der Waals surface area contributed by atoms with Crippen LogP contribution < -0.4 is 5.32 Å². The number of hydrogen-bond acceptors (Lipinski definition) is 5. The summed E-state index contributed by atoms with van der Waals surface area (Å²) in [6, 6.07) is 7.89. The van der Waals surface area contributed by atoms with Crippen LogP contribution in [0.25, 0.3) is 11.0 Å². The van der Waals surface area contributed by atoms with Crippen molar-refractivity contribution < 1.29 is 9.32 Å². The summed E-state index contributed by atoms with van der Waals surface area (Å²) >= 11 is 0. The molecule has 25 heavy (non-hydrogen) atoms. The maximum absolute atomic E-state index is 12.2. The Hall–Kier alpha value is -2.67. The van der Waals surface area contributed by atoms with Crippen LogP contribution in [-0.4, -0.2) is 39.0 Å². The number of aromatic nitrogens is 3. The van der Waals surface area contributed by atoms with Gasteiger partial charge in [-0.05, 0) is 50.6 Å². The van der Waals surface area contributed by atoms with Gasteiger partial charge < -0.3 is 14.8 Å². The van der Waals surface area contributed by atoms with E-state index in [1.54, 1.807) is 6.07 Å². The highest BCUT2D eigenvalue weighted by Gasteiger charge is 2.25. The highest BCUT2D eigenvalue weighted by molar-refractivity contribution is 5.91. The van der Waals surface area contributed by atoms with E-state index in [4.69, 9.17) is 4.52 Å². The average Bonchev–Trinajstić information content (AvgIpc) is 3.24. The van der Waals surface area contributed by atoms with E-state index in [1.807, 2.05) is 6.07 Å². The Morgan fingerprint density at radius 3 is 2.96 bits per heavy atom. The van der Waals surface area contributed by atoms with Gasteiger partial charge in [0.2, 0.25) is 5.91 Å². The lowest BCUT2D eigenvalue weighted by Crippen LogP contribution is -2.38.